The van der Waals surface area contributed by atoms with Crippen LogP contribution in [0.15, 0.2) is 30.3 Å². The first-order valence-corrected chi connectivity index (χ1v) is 10.6. The highest BCUT2D eigenvalue weighted by molar-refractivity contribution is 5.67. The molecule has 0 bridgehead atoms. The van der Waals surface area contributed by atoms with Gasteiger partial charge in [0.15, 0.2) is 11.6 Å². The van der Waals surface area contributed by atoms with Crippen molar-refractivity contribution >= 4 is 0 Å². The number of hydrogen-bond acceptors (Lipinski definition) is 1. The molecule has 2 aliphatic rings. The van der Waals surface area contributed by atoms with Gasteiger partial charge in [0.05, 0.1) is 0 Å². The van der Waals surface area contributed by atoms with Crippen LogP contribution in [0.25, 0.3) is 11.1 Å². The van der Waals surface area contributed by atoms with Crippen LogP contribution < -0.4 is 4.74 Å². The molecule has 0 aromatic heterocycles. The number of hydrogen-bond donors (Lipinski definition) is 0. The second-order valence-corrected chi connectivity index (χ2v) is 8.60. The van der Waals surface area contributed by atoms with Crippen LogP contribution in [0.5, 0.6) is 5.75 Å². The molecule has 0 heterocycles. The Hall–Kier alpha value is -2.11. The van der Waals surface area contributed by atoms with Gasteiger partial charge in [0.25, 0.3) is 0 Å². The van der Waals surface area contributed by atoms with Gasteiger partial charge in [-0.25, -0.2) is 8.78 Å². The number of benzene rings is 2. The molecule has 1 nitrogen and oxygen atoms in total. The topological polar surface area (TPSA) is 9.23 Å². The Morgan fingerprint density at radius 3 is 2.50 bits per heavy atom. The van der Waals surface area contributed by atoms with Crippen molar-refractivity contribution in [3.8, 4) is 16.9 Å². The highest BCUT2D eigenvalue weighted by atomic mass is 19.4. The van der Waals surface area contributed by atoms with Crippen LogP contribution >= 0.6 is 0 Å². The van der Waals surface area contributed by atoms with Crippen molar-refractivity contribution < 1.29 is 26.7 Å². The van der Waals surface area contributed by atoms with E-state index in [-0.39, 0.29) is 11.1 Å². The average molecular weight is 424 g/mol. The summed E-state index contributed by atoms with van der Waals surface area (Å²) in [7, 11) is 0. The van der Waals surface area contributed by atoms with Gasteiger partial charge in [-0.05, 0) is 90.8 Å². The van der Waals surface area contributed by atoms with Crippen LogP contribution in [0.2, 0.25) is 0 Å². The Bertz CT molecular complexity index is 921. The SMILES string of the molecule is CCC[C@@H]1CC[C@@H]2c3cc(F)c(-c4ccc(OC(F)(F)F)c(F)c4)cc3CC[C@@H]2C1. The van der Waals surface area contributed by atoms with Gasteiger partial charge in [0.1, 0.15) is 5.82 Å². The predicted molar refractivity (Wildman–Crippen MR) is 105 cm³/mol. The van der Waals surface area contributed by atoms with Gasteiger partial charge in [-0.1, -0.05) is 25.8 Å². The number of rotatable bonds is 4. The first-order chi connectivity index (χ1) is 14.2. The van der Waals surface area contributed by atoms with Crippen LogP contribution in [0.4, 0.5) is 22.0 Å². The highest BCUT2D eigenvalue weighted by Crippen LogP contribution is 2.48. The van der Waals surface area contributed by atoms with E-state index in [1.165, 1.54) is 31.7 Å². The molecule has 2 aromatic rings. The number of alkyl halides is 3. The summed E-state index contributed by atoms with van der Waals surface area (Å²) in [6.07, 6.45) is 2.82. The molecule has 3 atom stereocenters. The van der Waals surface area contributed by atoms with Gasteiger partial charge < -0.3 is 4.74 Å². The zero-order valence-electron chi connectivity index (χ0n) is 16.9. The Morgan fingerprint density at radius 2 is 1.80 bits per heavy atom. The molecule has 6 heteroatoms. The van der Waals surface area contributed by atoms with E-state index in [0.29, 0.717) is 11.8 Å². The first-order valence-electron chi connectivity index (χ1n) is 10.6. The minimum atomic E-state index is -4.98. The number of aryl methyl sites for hydroxylation is 1. The summed E-state index contributed by atoms with van der Waals surface area (Å²) in [6, 6.07) is 6.36. The Balaban J connectivity index is 1.60. The molecule has 0 saturated heterocycles. The van der Waals surface area contributed by atoms with Crippen LogP contribution in [-0.2, 0) is 6.42 Å². The maximum Gasteiger partial charge on any atom is 0.573 e. The summed E-state index contributed by atoms with van der Waals surface area (Å²) in [4.78, 5) is 0. The molecular formula is C24H25F5O. The Labute approximate surface area is 173 Å². The fourth-order valence-electron chi connectivity index (χ4n) is 5.39. The Kier molecular flexibility index (Phi) is 5.78. The lowest BCUT2D eigenvalue weighted by molar-refractivity contribution is -0.275. The third-order valence-corrected chi connectivity index (χ3v) is 6.67. The van der Waals surface area contributed by atoms with Gasteiger partial charge in [0, 0.05) is 5.56 Å². The van der Waals surface area contributed by atoms with E-state index in [2.05, 4.69) is 11.7 Å². The fraction of sp³-hybridized carbons (Fsp3) is 0.500. The summed E-state index contributed by atoms with van der Waals surface area (Å²) >= 11 is 0. The van der Waals surface area contributed by atoms with Crippen LogP contribution in [-0.4, -0.2) is 6.36 Å². The highest BCUT2D eigenvalue weighted by Gasteiger charge is 2.36. The summed E-state index contributed by atoms with van der Waals surface area (Å²) in [5.74, 6) is -0.835. The van der Waals surface area contributed by atoms with Gasteiger partial charge >= 0.3 is 6.36 Å². The molecule has 2 aliphatic carbocycles. The lowest BCUT2D eigenvalue weighted by atomic mass is 9.64. The summed E-state index contributed by atoms with van der Waals surface area (Å²) in [5, 5.41) is 0. The third-order valence-electron chi connectivity index (χ3n) is 6.67. The average Bonchev–Trinajstić information content (AvgIpc) is 2.68. The number of ether oxygens (including phenoxy) is 1. The fourth-order valence-corrected chi connectivity index (χ4v) is 5.39. The summed E-state index contributed by atoms with van der Waals surface area (Å²) in [5.41, 5.74) is 2.54. The van der Waals surface area contributed by atoms with Gasteiger partial charge in [-0.3, -0.25) is 0 Å². The zero-order chi connectivity index (χ0) is 21.5. The number of fused-ring (bicyclic) bond motifs is 3. The van der Waals surface area contributed by atoms with E-state index >= 15 is 0 Å². The maximum atomic E-state index is 15.0. The smallest absolute Gasteiger partial charge is 0.403 e. The predicted octanol–water partition coefficient (Wildman–Crippen LogP) is 7.78. The molecule has 0 spiro atoms. The molecule has 0 aliphatic heterocycles. The largest absolute Gasteiger partial charge is 0.573 e. The molecule has 0 amide bonds. The van der Waals surface area contributed by atoms with E-state index < -0.39 is 23.7 Å². The molecule has 0 unspecified atom stereocenters. The van der Waals surface area contributed by atoms with Gasteiger partial charge in [-0.2, -0.15) is 0 Å². The second-order valence-electron chi connectivity index (χ2n) is 8.60. The van der Waals surface area contributed by atoms with Crippen molar-refractivity contribution in [2.75, 3.05) is 0 Å². The molecule has 30 heavy (non-hydrogen) atoms. The van der Waals surface area contributed by atoms with E-state index in [0.717, 1.165) is 48.4 Å². The molecule has 2 aromatic carbocycles. The van der Waals surface area contributed by atoms with Crippen molar-refractivity contribution in [2.24, 2.45) is 11.8 Å². The minimum Gasteiger partial charge on any atom is -0.403 e. The third kappa shape index (κ3) is 4.33. The standard InChI is InChI=1S/C24H25F5O/c1-2-3-14-4-8-18-15(10-14)5-6-16-11-20(21(25)13-19(16)18)17-7-9-23(22(26)12-17)30-24(27,28)29/h7,9,11-15,18H,2-6,8,10H2,1H3/t14-,15-,18+/m1/s1. The molecule has 0 N–H and O–H groups in total. The van der Waals surface area contributed by atoms with Crippen molar-refractivity contribution in [1.29, 1.82) is 0 Å². The monoisotopic (exact) mass is 424 g/mol. The van der Waals surface area contributed by atoms with Crippen LogP contribution in [0.3, 0.4) is 0 Å². The van der Waals surface area contributed by atoms with E-state index in [1.54, 1.807) is 12.1 Å². The van der Waals surface area contributed by atoms with Crippen molar-refractivity contribution in [1.82, 2.24) is 0 Å². The molecule has 0 radical (unpaired) electrons. The molecule has 162 valence electrons. The van der Waals surface area contributed by atoms with Crippen LogP contribution in [0.1, 0.15) is 62.5 Å². The van der Waals surface area contributed by atoms with Gasteiger partial charge in [0.2, 0.25) is 0 Å². The zero-order valence-corrected chi connectivity index (χ0v) is 16.9. The molecular weight excluding hydrogens is 399 g/mol. The summed E-state index contributed by atoms with van der Waals surface area (Å²) in [6.45, 7) is 2.21. The summed E-state index contributed by atoms with van der Waals surface area (Å²) < 4.78 is 69.8. The first kappa shape index (κ1) is 21.1. The van der Waals surface area contributed by atoms with Crippen molar-refractivity contribution in [3.05, 3.63) is 53.1 Å². The molecule has 4 rings (SSSR count). The minimum absolute atomic E-state index is 0.205. The van der Waals surface area contributed by atoms with E-state index in [1.807, 2.05) is 0 Å². The normalized spacial score (nSPS) is 23.6. The quantitative estimate of drug-likeness (QED) is 0.456. The molecule has 1 saturated carbocycles. The van der Waals surface area contributed by atoms with Crippen molar-refractivity contribution in [2.45, 2.75) is 64.1 Å². The number of halogens is 5. The van der Waals surface area contributed by atoms with E-state index in [4.69, 9.17) is 0 Å². The Morgan fingerprint density at radius 1 is 1.00 bits per heavy atom. The van der Waals surface area contributed by atoms with E-state index in [9.17, 15) is 22.0 Å². The van der Waals surface area contributed by atoms with Crippen LogP contribution in [0, 0.1) is 23.5 Å². The maximum absolute atomic E-state index is 15.0. The lowest BCUT2D eigenvalue weighted by Gasteiger charge is -2.41. The second kappa shape index (κ2) is 8.20. The van der Waals surface area contributed by atoms with Gasteiger partial charge in [-0.15, -0.1) is 13.2 Å². The molecule has 1 fully saturated rings. The lowest BCUT2D eigenvalue weighted by Crippen LogP contribution is -2.28. The van der Waals surface area contributed by atoms with Crippen molar-refractivity contribution in [3.63, 3.8) is 0 Å².